The van der Waals surface area contributed by atoms with Crippen LogP contribution in [0.1, 0.15) is 27.4 Å². The average Bonchev–Trinajstić information content (AvgIpc) is 2.63. The van der Waals surface area contributed by atoms with E-state index in [0.29, 0.717) is 37.5 Å². The number of carbonyl (C=O) groups is 2. The van der Waals surface area contributed by atoms with E-state index in [1.165, 1.54) is 0 Å². The first-order valence-corrected chi connectivity index (χ1v) is 6.76. The topological polar surface area (TPSA) is 79.8 Å². The van der Waals surface area contributed by atoms with Crippen molar-refractivity contribution in [1.29, 1.82) is 0 Å². The van der Waals surface area contributed by atoms with Crippen LogP contribution in [0.25, 0.3) is 0 Å². The Labute approximate surface area is 118 Å². The molecule has 0 atom stereocenters. The molecular weight excluding hydrogens is 258 g/mol. The third-order valence-corrected chi connectivity index (χ3v) is 3.81. The van der Waals surface area contributed by atoms with E-state index in [1.54, 1.807) is 0 Å². The maximum Gasteiger partial charge on any atom is 0.257 e. The van der Waals surface area contributed by atoms with Gasteiger partial charge in [-0.25, -0.2) is 0 Å². The van der Waals surface area contributed by atoms with Gasteiger partial charge in [0.1, 0.15) is 11.5 Å². The van der Waals surface area contributed by atoms with Crippen molar-refractivity contribution in [1.82, 2.24) is 9.80 Å². The van der Waals surface area contributed by atoms with Crippen molar-refractivity contribution in [2.75, 3.05) is 32.7 Å². The summed E-state index contributed by atoms with van der Waals surface area (Å²) in [4.78, 5) is 27.2. The van der Waals surface area contributed by atoms with Crippen LogP contribution in [0.4, 0.5) is 0 Å². The van der Waals surface area contributed by atoms with Gasteiger partial charge in [-0.1, -0.05) is 0 Å². The van der Waals surface area contributed by atoms with Gasteiger partial charge in [-0.05, 0) is 20.8 Å². The van der Waals surface area contributed by atoms with Gasteiger partial charge in [0.25, 0.3) is 5.91 Å². The molecule has 1 aliphatic rings. The number of piperazine rings is 1. The fourth-order valence-electron chi connectivity index (χ4n) is 2.60. The smallest absolute Gasteiger partial charge is 0.257 e. The van der Waals surface area contributed by atoms with Gasteiger partial charge in [-0.3, -0.25) is 14.5 Å². The summed E-state index contributed by atoms with van der Waals surface area (Å²) in [6, 6.07) is 0. The van der Waals surface area contributed by atoms with Crippen LogP contribution < -0.4 is 5.73 Å². The van der Waals surface area contributed by atoms with E-state index in [-0.39, 0.29) is 18.4 Å². The van der Waals surface area contributed by atoms with E-state index >= 15 is 0 Å². The quantitative estimate of drug-likeness (QED) is 0.871. The Morgan fingerprint density at radius 1 is 1.10 bits per heavy atom. The lowest BCUT2D eigenvalue weighted by Gasteiger charge is -2.34. The predicted molar refractivity (Wildman–Crippen MR) is 74.5 cm³/mol. The number of hydrogen-bond acceptors (Lipinski definition) is 4. The van der Waals surface area contributed by atoms with Crippen molar-refractivity contribution >= 4 is 11.8 Å². The maximum atomic E-state index is 12.5. The van der Waals surface area contributed by atoms with E-state index in [1.807, 2.05) is 30.6 Å². The van der Waals surface area contributed by atoms with Crippen molar-refractivity contribution in [2.24, 2.45) is 5.73 Å². The van der Waals surface area contributed by atoms with Crippen molar-refractivity contribution in [3.05, 3.63) is 22.6 Å². The average molecular weight is 279 g/mol. The summed E-state index contributed by atoms with van der Waals surface area (Å²) < 4.78 is 5.51. The zero-order chi connectivity index (χ0) is 14.9. The lowest BCUT2D eigenvalue weighted by Crippen LogP contribution is -2.50. The number of hydrogen-bond donors (Lipinski definition) is 1. The molecule has 0 aromatic carbocycles. The number of rotatable bonds is 3. The molecule has 1 aromatic heterocycles. The summed E-state index contributed by atoms with van der Waals surface area (Å²) in [6.45, 7) is 8.39. The molecule has 6 heteroatoms. The lowest BCUT2D eigenvalue weighted by molar-refractivity contribution is -0.119. The molecule has 0 aliphatic carbocycles. The number of nitrogens with zero attached hydrogens (tertiary/aromatic N) is 2. The van der Waals surface area contributed by atoms with Gasteiger partial charge in [0.05, 0.1) is 12.1 Å². The fourth-order valence-corrected chi connectivity index (χ4v) is 2.60. The number of amides is 2. The molecule has 1 aliphatic heterocycles. The first-order chi connectivity index (χ1) is 9.40. The summed E-state index contributed by atoms with van der Waals surface area (Å²) in [5, 5.41) is 0. The molecule has 2 N–H and O–H groups in total. The van der Waals surface area contributed by atoms with Crippen LogP contribution in [0.5, 0.6) is 0 Å². The standard InChI is InChI=1S/C14H21N3O3/c1-9-10(2)20-11(3)13(9)14(19)17-6-4-16(5-7-17)8-12(15)18/h4-8H2,1-3H3,(H2,15,18). The predicted octanol–water partition coefficient (Wildman–Crippen LogP) is 0.448. The van der Waals surface area contributed by atoms with E-state index < -0.39 is 0 Å². The number of aryl methyl sites for hydroxylation is 2. The van der Waals surface area contributed by atoms with E-state index in [0.717, 1.165) is 11.3 Å². The monoisotopic (exact) mass is 279 g/mol. The molecular formula is C14H21N3O3. The van der Waals surface area contributed by atoms with Gasteiger partial charge >= 0.3 is 0 Å². The van der Waals surface area contributed by atoms with Crippen LogP contribution >= 0.6 is 0 Å². The Hall–Kier alpha value is -1.82. The zero-order valence-corrected chi connectivity index (χ0v) is 12.2. The summed E-state index contributed by atoms with van der Waals surface area (Å²) in [6.07, 6.45) is 0. The number of nitrogens with two attached hydrogens (primary N) is 1. The Bertz CT molecular complexity index is 528. The van der Waals surface area contributed by atoms with Gasteiger partial charge in [0.2, 0.25) is 5.91 Å². The second-order valence-electron chi connectivity index (χ2n) is 5.25. The van der Waals surface area contributed by atoms with Crippen LogP contribution in [0.3, 0.4) is 0 Å². The van der Waals surface area contributed by atoms with Gasteiger partial charge in [0.15, 0.2) is 0 Å². The molecule has 1 fully saturated rings. The maximum absolute atomic E-state index is 12.5. The molecule has 2 heterocycles. The van der Waals surface area contributed by atoms with E-state index in [9.17, 15) is 9.59 Å². The molecule has 2 amide bonds. The molecule has 20 heavy (non-hydrogen) atoms. The molecule has 2 rings (SSSR count). The molecule has 0 unspecified atom stereocenters. The fraction of sp³-hybridized carbons (Fsp3) is 0.571. The van der Waals surface area contributed by atoms with Crippen molar-refractivity contribution < 1.29 is 14.0 Å². The normalized spacial score (nSPS) is 16.4. The van der Waals surface area contributed by atoms with Crippen LogP contribution in [0.2, 0.25) is 0 Å². The third-order valence-electron chi connectivity index (χ3n) is 3.81. The molecule has 0 spiro atoms. The lowest BCUT2D eigenvalue weighted by atomic mass is 10.1. The molecule has 110 valence electrons. The first kappa shape index (κ1) is 14.6. The van der Waals surface area contributed by atoms with Crippen LogP contribution in [0.15, 0.2) is 4.42 Å². The van der Waals surface area contributed by atoms with Gasteiger partial charge < -0.3 is 15.1 Å². The van der Waals surface area contributed by atoms with Crippen molar-refractivity contribution in [3.8, 4) is 0 Å². The van der Waals surface area contributed by atoms with Gasteiger partial charge in [-0.2, -0.15) is 0 Å². The Balaban J connectivity index is 2.03. The highest BCUT2D eigenvalue weighted by Crippen LogP contribution is 2.22. The minimum absolute atomic E-state index is 0.00979. The van der Waals surface area contributed by atoms with Crippen LogP contribution in [0, 0.1) is 20.8 Å². The van der Waals surface area contributed by atoms with E-state index in [2.05, 4.69) is 0 Å². The molecule has 0 bridgehead atoms. The highest BCUT2D eigenvalue weighted by atomic mass is 16.3. The molecule has 1 saturated heterocycles. The van der Waals surface area contributed by atoms with Gasteiger partial charge in [-0.15, -0.1) is 0 Å². The van der Waals surface area contributed by atoms with Crippen LogP contribution in [-0.2, 0) is 4.79 Å². The Morgan fingerprint density at radius 2 is 1.70 bits per heavy atom. The minimum atomic E-state index is -0.332. The van der Waals surface area contributed by atoms with Gasteiger partial charge in [0, 0.05) is 31.7 Å². The minimum Gasteiger partial charge on any atom is -0.466 e. The van der Waals surface area contributed by atoms with Crippen molar-refractivity contribution in [2.45, 2.75) is 20.8 Å². The molecule has 0 saturated carbocycles. The Morgan fingerprint density at radius 3 is 2.15 bits per heavy atom. The second-order valence-corrected chi connectivity index (χ2v) is 5.25. The zero-order valence-electron chi connectivity index (χ0n) is 12.2. The first-order valence-electron chi connectivity index (χ1n) is 6.76. The second kappa shape index (κ2) is 5.66. The van der Waals surface area contributed by atoms with Crippen molar-refractivity contribution in [3.63, 3.8) is 0 Å². The molecule has 1 aromatic rings. The highest BCUT2D eigenvalue weighted by molar-refractivity contribution is 5.97. The molecule has 0 radical (unpaired) electrons. The largest absolute Gasteiger partial charge is 0.466 e. The molecule has 6 nitrogen and oxygen atoms in total. The third kappa shape index (κ3) is 2.85. The summed E-state index contributed by atoms with van der Waals surface area (Å²) in [5.74, 6) is 1.14. The number of carbonyl (C=O) groups excluding carboxylic acids is 2. The SMILES string of the molecule is Cc1oc(C)c(C(=O)N2CCN(CC(N)=O)CC2)c1C. The summed E-state index contributed by atoms with van der Waals surface area (Å²) >= 11 is 0. The summed E-state index contributed by atoms with van der Waals surface area (Å²) in [5.41, 5.74) is 6.76. The Kier molecular flexibility index (Phi) is 4.13. The van der Waals surface area contributed by atoms with Crippen LogP contribution in [-0.4, -0.2) is 54.3 Å². The summed E-state index contributed by atoms with van der Waals surface area (Å²) in [7, 11) is 0. The van der Waals surface area contributed by atoms with E-state index in [4.69, 9.17) is 10.2 Å². The number of primary amides is 1. The highest BCUT2D eigenvalue weighted by Gasteiger charge is 2.27. The number of furan rings is 1.